The molecule has 1 saturated heterocycles. The number of hydrogen-bond donors (Lipinski definition) is 2. The second-order valence-electron chi connectivity index (χ2n) is 8.95. The predicted octanol–water partition coefficient (Wildman–Crippen LogP) is 4.66. The Kier molecular flexibility index (Phi) is 7.43. The van der Waals surface area contributed by atoms with Crippen LogP contribution in [0, 0.1) is 5.92 Å². The van der Waals surface area contributed by atoms with Crippen LogP contribution in [0.25, 0.3) is 10.8 Å². The van der Waals surface area contributed by atoms with Gasteiger partial charge in [0.15, 0.2) is 5.11 Å². The van der Waals surface area contributed by atoms with Crippen molar-refractivity contribution in [1.29, 1.82) is 0 Å². The second-order valence-corrected chi connectivity index (χ2v) is 9.36. The van der Waals surface area contributed by atoms with Crippen LogP contribution in [0.15, 0.2) is 66.7 Å². The molecule has 2 N–H and O–H groups in total. The van der Waals surface area contributed by atoms with E-state index < -0.39 is 0 Å². The van der Waals surface area contributed by atoms with Crippen LogP contribution < -0.4 is 15.5 Å². The maximum Gasteiger partial charge on any atom is 0.258 e. The van der Waals surface area contributed by atoms with Gasteiger partial charge in [-0.1, -0.05) is 50.2 Å². The number of amides is 2. The number of thiocarbonyl (C=S) groups is 1. The quantitative estimate of drug-likeness (QED) is 0.527. The number of anilines is 2. The van der Waals surface area contributed by atoms with Crippen LogP contribution >= 0.6 is 12.2 Å². The van der Waals surface area contributed by atoms with Crippen molar-refractivity contribution in [1.82, 2.24) is 10.2 Å². The molecular weight excluding hydrogens is 444 g/mol. The highest BCUT2D eigenvalue weighted by molar-refractivity contribution is 7.80. The summed E-state index contributed by atoms with van der Waals surface area (Å²) < 4.78 is 0. The van der Waals surface area contributed by atoms with E-state index in [0.717, 1.165) is 48.3 Å². The number of rotatable bonds is 5. The largest absolute Gasteiger partial charge is 0.368 e. The first-order valence-electron chi connectivity index (χ1n) is 11.6. The summed E-state index contributed by atoms with van der Waals surface area (Å²) in [7, 11) is 0. The highest BCUT2D eigenvalue weighted by Gasteiger charge is 2.21. The molecule has 2 amide bonds. The zero-order valence-electron chi connectivity index (χ0n) is 19.6. The average Bonchev–Trinajstić information content (AvgIpc) is 2.83. The third kappa shape index (κ3) is 5.72. The van der Waals surface area contributed by atoms with Gasteiger partial charge in [0.1, 0.15) is 0 Å². The number of benzene rings is 3. The fraction of sp³-hybridized carbons (Fsp3) is 0.296. The van der Waals surface area contributed by atoms with Crippen molar-refractivity contribution < 1.29 is 9.59 Å². The van der Waals surface area contributed by atoms with Crippen LogP contribution in [0.3, 0.4) is 0 Å². The number of carbonyl (C=O) groups excluding carboxylic acids is 2. The third-order valence-electron chi connectivity index (χ3n) is 5.97. The molecular formula is C27H30N4O2S. The van der Waals surface area contributed by atoms with E-state index >= 15 is 0 Å². The molecule has 4 rings (SSSR count). The number of fused-ring (bicyclic) bond motifs is 1. The molecule has 176 valence electrons. The molecule has 0 spiro atoms. The highest BCUT2D eigenvalue weighted by Crippen LogP contribution is 2.21. The molecule has 1 heterocycles. The minimum atomic E-state index is -0.240. The zero-order chi connectivity index (χ0) is 24.1. The van der Waals surface area contributed by atoms with Crippen LogP contribution in [-0.2, 0) is 4.79 Å². The maximum absolute atomic E-state index is 12.8. The van der Waals surface area contributed by atoms with Gasteiger partial charge in [-0.2, -0.15) is 0 Å². The Morgan fingerprint density at radius 1 is 0.912 bits per heavy atom. The van der Waals surface area contributed by atoms with Crippen LogP contribution in [0.5, 0.6) is 0 Å². The Morgan fingerprint density at radius 3 is 2.29 bits per heavy atom. The molecule has 3 aromatic carbocycles. The molecule has 1 fully saturated rings. The summed E-state index contributed by atoms with van der Waals surface area (Å²) in [5.41, 5.74) is 2.49. The summed E-state index contributed by atoms with van der Waals surface area (Å²) in [6.07, 6.45) is 0.608. The number of carbonyl (C=O) groups is 2. The lowest BCUT2D eigenvalue weighted by molar-refractivity contribution is -0.132. The Bertz CT molecular complexity index is 1180. The van der Waals surface area contributed by atoms with Crippen molar-refractivity contribution >= 4 is 51.3 Å². The Morgan fingerprint density at radius 2 is 1.59 bits per heavy atom. The van der Waals surface area contributed by atoms with Gasteiger partial charge in [-0.05, 0) is 59.2 Å². The van der Waals surface area contributed by atoms with Gasteiger partial charge < -0.3 is 15.1 Å². The number of hydrogen-bond acceptors (Lipinski definition) is 4. The number of nitrogens with one attached hydrogen (secondary N) is 2. The van der Waals surface area contributed by atoms with Crippen LogP contribution in [-0.4, -0.2) is 48.0 Å². The molecule has 34 heavy (non-hydrogen) atoms. The smallest absolute Gasteiger partial charge is 0.258 e. The van der Waals surface area contributed by atoms with Gasteiger partial charge in [0, 0.05) is 49.5 Å². The zero-order valence-corrected chi connectivity index (χ0v) is 20.4. The molecule has 1 aliphatic heterocycles. The van der Waals surface area contributed by atoms with Gasteiger partial charge in [-0.15, -0.1) is 0 Å². The minimum absolute atomic E-state index is 0.240. The monoisotopic (exact) mass is 474 g/mol. The molecule has 0 aromatic heterocycles. The van der Waals surface area contributed by atoms with Gasteiger partial charge >= 0.3 is 0 Å². The van der Waals surface area contributed by atoms with E-state index in [0.29, 0.717) is 17.9 Å². The highest BCUT2D eigenvalue weighted by atomic mass is 32.1. The number of piperazine rings is 1. The van der Waals surface area contributed by atoms with Gasteiger partial charge in [0.2, 0.25) is 5.91 Å². The molecule has 1 aliphatic rings. The topological polar surface area (TPSA) is 64.7 Å². The van der Waals surface area contributed by atoms with E-state index in [-0.39, 0.29) is 16.9 Å². The normalized spacial score (nSPS) is 13.7. The fourth-order valence-electron chi connectivity index (χ4n) is 4.20. The SMILES string of the molecule is CC(C)CC(=O)N1CCN(c2ccc(NC(=S)NC(=O)c3cccc4ccccc34)cc2)CC1. The summed E-state index contributed by atoms with van der Waals surface area (Å²) >= 11 is 5.37. The van der Waals surface area contributed by atoms with Crippen LogP contribution in [0.4, 0.5) is 11.4 Å². The first-order chi connectivity index (χ1) is 16.4. The Labute approximate surface area is 205 Å². The van der Waals surface area contributed by atoms with Crippen molar-refractivity contribution in [3.63, 3.8) is 0 Å². The molecule has 7 heteroatoms. The van der Waals surface area contributed by atoms with E-state index in [1.54, 1.807) is 6.07 Å². The third-order valence-corrected chi connectivity index (χ3v) is 6.17. The molecule has 6 nitrogen and oxygen atoms in total. The second kappa shape index (κ2) is 10.7. The molecule has 0 atom stereocenters. The average molecular weight is 475 g/mol. The lowest BCUT2D eigenvalue weighted by Gasteiger charge is -2.36. The van der Waals surface area contributed by atoms with Crippen molar-refractivity contribution in [3.8, 4) is 0 Å². The van der Waals surface area contributed by atoms with Crippen molar-refractivity contribution in [2.24, 2.45) is 5.92 Å². The fourth-order valence-corrected chi connectivity index (χ4v) is 4.41. The van der Waals surface area contributed by atoms with E-state index in [9.17, 15) is 9.59 Å². The lowest BCUT2D eigenvalue weighted by atomic mass is 10.0. The molecule has 0 aliphatic carbocycles. The lowest BCUT2D eigenvalue weighted by Crippen LogP contribution is -2.49. The first-order valence-corrected chi connectivity index (χ1v) is 12.0. The molecule has 0 saturated carbocycles. The Balaban J connectivity index is 1.31. The van der Waals surface area contributed by atoms with Crippen molar-refractivity contribution in [2.75, 3.05) is 36.4 Å². The summed E-state index contributed by atoms with van der Waals surface area (Å²) in [6.45, 7) is 7.27. The van der Waals surface area contributed by atoms with E-state index in [2.05, 4.69) is 29.4 Å². The van der Waals surface area contributed by atoms with Gasteiger partial charge in [-0.3, -0.25) is 14.9 Å². The predicted molar refractivity (Wildman–Crippen MR) is 142 cm³/mol. The van der Waals surface area contributed by atoms with E-state index in [1.165, 1.54) is 0 Å². The summed E-state index contributed by atoms with van der Waals surface area (Å²) in [5.74, 6) is 0.387. The summed E-state index contributed by atoms with van der Waals surface area (Å²) in [5, 5.41) is 8.02. The summed E-state index contributed by atoms with van der Waals surface area (Å²) in [6, 6.07) is 21.4. The molecule has 0 unspecified atom stereocenters. The van der Waals surface area contributed by atoms with Crippen LogP contribution in [0.1, 0.15) is 30.6 Å². The van der Waals surface area contributed by atoms with Crippen molar-refractivity contribution in [2.45, 2.75) is 20.3 Å². The van der Waals surface area contributed by atoms with Gasteiger partial charge in [0.05, 0.1) is 0 Å². The standard InChI is InChI=1S/C27H30N4O2S/c1-19(2)18-25(32)31-16-14-30(15-17-31)22-12-10-21(11-13-22)28-27(34)29-26(33)24-9-5-7-20-6-3-4-8-23(20)24/h3-13,19H,14-18H2,1-2H3,(H2,28,29,33,34). The van der Waals surface area contributed by atoms with Gasteiger partial charge in [-0.25, -0.2) is 0 Å². The first kappa shape index (κ1) is 23.7. The minimum Gasteiger partial charge on any atom is -0.368 e. The van der Waals surface area contributed by atoms with Crippen LogP contribution in [0.2, 0.25) is 0 Å². The van der Waals surface area contributed by atoms with E-state index in [1.807, 2.05) is 65.6 Å². The maximum atomic E-state index is 12.8. The van der Waals surface area contributed by atoms with Gasteiger partial charge in [0.25, 0.3) is 5.91 Å². The molecule has 0 bridgehead atoms. The molecule has 0 radical (unpaired) electrons. The Hall–Kier alpha value is -3.45. The summed E-state index contributed by atoms with van der Waals surface area (Å²) in [4.78, 5) is 29.3. The van der Waals surface area contributed by atoms with Crippen molar-refractivity contribution in [3.05, 3.63) is 72.3 Å². The molecule has 3 aromatic rings. The number of nitrogens with zero attached hydrogens (tertiary/aromatic N) is 2. The van der Waals surface area contributed by atoms with E-state index in [4.69, 9.17) is 12.2 Å².